The lowest BCUT2D eigenvalue weighted by Crippen LogP contribution is -2.49. The quantitative estimate of drug-likeness (QED) is 0.714. The molecule has 0 aromatic carbocycles. The first kappa shape index (κ1) is 14.5. The smallest absolute Gasteiger partial charge is 0.311 e. The molecule has 5 nitrogen and oxygen atoms in total. The van der Waals surface area contributed by atoms with Crippen LogP contribution in [0.5, 0.6) is 0 Å². The Labute approximate surface area is 113 Å². The molecule has 3 atom stereocenters. The van der Waals surface area contributed by atoms with Gasteiger partial charge in [0.2, 0.25) is 0 Å². The fourth-order valence-corrected chi connectivity index (χ4v) is 2.60. The molecule has 5 heteroatoms. The average Bonchev–Trinajstić information content (AvgIpc) is 2.52. The average molecular weight is 270 g/mol. The van der Waals surface area contributed by atoms with Gasteiger partial charge in [0.15, 0.2) is 12.4 Å². The predicted octanol–water partition coefficient (Wildman–Crippen LogP) is 1.68. The van der Waals surface area contributed by atoms with Crippen LogP contribution in [0.3, 0.4) is 0 Å². The Morgan fingerprint density at radius 3 is 2.37 bits per heavy atom. The number of hydrogen-bond acceptors (Lipinski definition) is 5. The van der Waals surface area contributed by atoms with E-state index in [2.05, 4.69) is 0 Å². The van der Waals surface area contributed by atoms with E-state index in [1.807, 2.05) is 6.92 Å². The van der Waals surface area contributed by atoms with Crippen molar-refractivity contribution < 1.29 is 23.8 Å². The first-order chi connectivity index (χ1) is 8.69. The third-order valence-electron chi connectivity index (χ3n) is 4.02. The van der Waals surface area contributed by atoms with Crippen LogP contribution < -0.4 is 0 Å². The summed E-state index contributed by atoms with van der Waals surface area (Å²) >= 11 is 0. The molecule has 0 N–H and O–H groups in total. The molecule has 108 valence electrons. The highest BCUT2D eigenvalue weighted by Gasteiger charge is 2.61. The van der Waals surface area contributed by atoms with Crippen LogP contribution in [0.25, 0.3) is 0 Å². The monoisotopic (exact) mass is 270 g/mol. The number of rotatable bonds is 2. The molecule has 2 rings (SSSR count). The second kappa shape index (κ2) is 4.56. The van der Waals surface area contributed by atoms with Gasteiger partial charge in [-0.15, -0.1) is 0 Å². The molecule has 0 unspecified atom stereocenters. The summed E-state index contributed by atoms with van der Waals surface area (Å²) in [6, 6.07) is 0. The lowest BCUT2D eigenvalue weighted by molar-refractivity contribution is -0.205. The molecule has 1 heterocycles. The third kappa shape index (κ3) is 2.41. The first-order valence-electron chi connectivity index (χ1n) is 6.63. The fourth-order valence-electron chi connectivity index (χ4n) is 2.60. The summed E-state index contributed by atoms with van der Waals surface area (Å²) in [5.74, 6) is -0.136. The molecular formula is C14H22O5. The molecule has 0 radical (unpaired) electrons. The van der Waals surface area contributed by atoms with Crippen molar-refractivity contribution in [3.8, 4) is 0 Å². The lowest BCUT2D eigenvalue weighted by Gasteiger charge is -2.39. The molecule has 0 bridgehead atoms. The second-order valence-corrected chi connectivity index (χ2v) is 6.59. The van der Waals surface area contributed by atoms with Crippen LogP contribution >= 0.6 is 0 Å². The van der Waals surface area contributed by atoms with Crippen molar-refractivity contribution in [2.45, 2.75) is 58.5 Å². The molecule has 0 aromatic rings. The molecule has 0 aromatic heterocycles. The maximum absolute atomic E-state index is 12.0. The first-order valence-corrected chi connectivity index (χ1v) is 6.63. The summed E-state index contributed by atoms with van der Waals surface area (Å²) < 4.78 is 16.6. The number of carbonyl (C=O) groups excluding carboxylic acids is 2. The minimum Gasteiger partial charge on any atom is -0.456 e. The molecule has 1 saturated heterocycles. The van der Waals surface area contributed by atoms with E-state index in [1.54, 1.807) is 20.8 Å². The lowest BCUT2D eigenvalue weighted by atomic mass is 9.70. The van der Waals surface area contributed by atoms with Gasteiger partial charge >= 0.3 is 5.97 Å². The van der Waals surface area contributed by atoms with Gasteiger partial charge in [0, 0.05) is 25.9 Å². The largest absolute Gasteiger partial charge is 0.456 e. The van der Waals surface area contributed by atoms with Crippen molar-refractivity contribution in [3.05, 3.63) is 0 Å². The van der Waals surface area contributed by atoms with Gasteiger partial charge in [0.05, 0.1) is 11.0 Å². The van der Waals surface area contributed by atoms with Gasteiger partial charge in [-0.25, -0.2) is 0 Å². The summed E-state index contributed by atoms with van der Waals surface area (Å²) in [5.41, 5.74) is -1.07. The zero-order chi connectivity index (χ0) is 14.4. The van der Waals surface area contributed by atoms with E-state index < -0.39 is 23.4 Å². The topological polar surface area (TPSA) is 61.8 Å². The molecule has 1 aliphatic heterocycles. The van der Waals surface area contributed by atoms with E-state index in [0.717, 1.165) is 0 Å². The minimum atomic E-state index is -0.589. The predicted molar refractivity (Wildman–Crippen MR) is 67.4 cm³/mol. The Bertz CT molecular complexity index is 387. The zero-order valence-corrected chi connectivity index (χ0v) is 12.2. The van der Waals surface area contributed by atoms with Crippen molar-refractivity contribution in [1.29, 1.82) is 0 Å². The molecule has 1 saturated carbocycles. The highest BCUT2D eigenvalue weighted by Crippen LogP contribution is 2.49. The Balaban J connectivity index is 2.11. The van der Waals surface area contributed by atoms with Crippen LogP contribution in [-0.2, 0) is 23.8 Å². The van der Waals surface area contributed by atoms with Gasteiger partial charge in [-0.1, -0.05) is 6.92 Å². The van der Waals surface area contributed by atoms with Crippen LogP contribution in [0.2, 0.25) is 0 Å². The fraction of sp³-hybridized carbons (Fsp3) is 0.857. The van der Waals surface area contributed by atoms with Gasteiger partial charge < -0.3 is 14.2 Å². The van der Waals surface area contributed by atoms with Crippen molar-refractivity contribution in [1.82, 2.24) is 0 Å². The third-order valence-corrected chi connectivity index (χ3v) is 4.02. The van der Waals surface area contributed by atoms with Gasteiger partial charge in [-0.3, -0.25) is 9.59 Å². The van der Waals surface area contributed by atoms with Crippen LogP contribution in [0.1, 0.15) is 40.5 Å². The number of hydrogen-bond donors (Lipinski definition) is 0. The number of ether oxygens (including phenoxy) is 3. The summed E-state index contributed by atoms with van der Waals surface area (Å²) in [6.07, 6.45) is -0.269. The van der Waals surface area contributed by atoms with Crippen molar-refractivity contribution in [2.24, 2.45) is 11.3 Å². The Morgan fingerprint density at radius 1 is 1.37 bits per heavy atom. The molecular weight excluding hydrogens is 248 g/mol. The maximum Gasteiger partial charge on any atom is 0.311 e. The van der Waals surface area contributed by atoms with Crippen LogP contribution in [0, 0.1) is 11.3 Å². The normalized spacial score (nSPS) is 33.3. The highest BCUT2D eigenvalue weighted by molar-refractivity contribution is 5.87. The van der Waals surface area contributed by atoms with Gasteiger partial charge in [-0.05, 0) is 20.8 Å². The van der Waals surface area contributed by atoms with Crippen molar-refractivity contribution in [2.75, 3.05) is 7.11 Å². The van der Waals surface area contributed by atoms with Crippen molar-refractivity contribution in [3.63, 3.8) is 0 Å². The zero-order valence-electron chi connectivity index (χ0n) is 12.2. The Morgan fingerprint density at radius 2 is 1.95 bits per heavy atom. The number of esters is 1. The van der Waals surface area contributed by atoms with E-state index in [0.29, 0.717) is 12.8 Å². The van der Waals surface area contributed by atoms with Gasteiger partial charge in [-0.2, -0.15) is 0 Å². The summed E-state index contributed by atoms with van der Waals surface area (Å²) in [6.45, 7) is 7.37. The number of ketones is 1. The molecule has 1 spiro atoms. The van der Waals surface area contributed by atoms with Crippen LogP contribution in [0.15, 0.2) is 0 Å². The Hall–Kier alpha value is -0.940. The van der Waals surface area contributed by atoms with E-state index in [9.17, 15) is 9.59 Å². The SMILES string of the molecule is CO[C@@H]1OC2(CC(=O)C2)[C@@H](C)[C@H]1OC(=O)C(C)(C)C. The molecule has 19 heavy (non-hydrogen) atoms. The van der Waals surface area contributed by atoms with Crippen LogP contribution in [-0.4, -0.2) is 36.9 Å². The van der Waals surface area contributed by atoms with E-state index >= 15 is 0 Å². The Kier molecular flexibility index (Phi) is 3.47. The van der Waals surface area contributed by atoms with E-state index in [4.69, 9.17) is 14.2 Å². The van der Waals surface area contributed by atoms with E-state index in [1.165, 1.54) is 7.11 Å². The number of methoxy groups -OCH3 is 1. The summed E-state index contributed by atoms with van der Waals surface area (Å²) in [4.78, 5) is 23.3. The van der Waals surface area contributed by atoms with Gasteiger partial charge in [0.1, 0.15) is 5.78 Å². The summed E-state index contributed by atoms with van der Waals surface area (Å²) in [5, 5.41) is 0. The molecule has 2 fully saturated rings. The summed E-state index contributed by atoms with van der Waals surface area (Å²) in [7, 11) is 1.52. The second-order valence-electron chi connectivity index (χ2n) is 6.59. The van der Waals surface area contributed by atoms with Crippen LogP contribution in [0.4, 0.5) is 0 Å². The number of carbonyl (C=O) groups is 2. The standard InChI is InChI=1S/C14H22O5/c1-8-10(18-12(16)13(2,3)4)11(17-5)19-14(8)6-9(15)7-14/h8,10-11H,6-7H2,1-5H3/t8-,10+,11+/m0/s1. The molecule has 2 aliphatic rings. The van der Waals surface area contributed by atoms with Gasteiger partial charge in [0.25, 0.3) is 0 Å². The van der Waals surface area contributed by atoms with E-state index in [-0.39, 0.29) is 17.7 Å². The molecule has 0 amide bonds. The minimum absolute atomic E-state index is 0.0403. The molecule has 1 aliphatic carbocycles. The maximum atomic E-state index is 12.0. The number of Topliss-reactive ketones (excluding diaryl/α,β-unsaturated/α-hetero) is 1. The highest BCUT2D eigenvalue weighted by atomic mass is 16.7. The van der Waals surface area contributed by atoms with Crippen molar-refractivity contribution >= 4 is 11.8 Å².